The number of amidine groups is 1. The molecule has 1 spiro atoms. The fourth-order valence-electron chi connectivity index (χ4n) is 3.52. The molecule has 2 N–H and O–H groups in total. The maximum atomic E-state index is 7.17. The van der Waals surface area contributed by atoms with E-state index in [0.717, 1.165) is 16.9 Å². The Hall–Kier alpha value is -1.84. The molecule has 2 aromatic heterocycles. The summed E-state index contributed by atoms with van der Waals surface area (Å²) in [5.41, 5.74) is 8.70. The maximum Gasteiger partial charge on any atom is 0.205 e. The predicted octanol–water partition coefficient (Wildman–Crippen LogP) is 4.87. The summed E-state index contributed by atoms with van der Waals surface area (Å²) in [5, 5.41) is 0.715. The van der Waals surface area contributed by atoms with Crippen molar-refractivity contribution in [1.29, 1.82) is 0 Å². The Kier molecular flexibility index (Phi) is 3.48. The highest BCUT2D eigenvalue weighted by Crippen LogP contribution is 2.59. The first-order valence-electron chi connectivity index (χ1n) is 7.91. The lowest BCUT2D eigenvalue weighted by atomic mass is 9.91. The number of thiophene rings is 1. The number of aliphatic imine (C=N–C) groups is 1. The summed E-state index contributed by atoms with van der Waals surface area (Å²) in [5.74, 6) is 0. The third kappa shape index (κ3) is 2.62. The first-order valence-corrected chi connectivity index (χ1v) is 9.55. The molecule has 3 heterocycles. The van der Waals surface area contributed by atoms with Gasteiger partial charge in [-0.05, 0) is 56.4 Å². The zero-order valence-corrected chi connectivity index (χ0v) is 15.3. The average molecular weight is 355 g/mol. The first-order chi connectivity index (χ1) is 11.4. The molecule has 4 rings (SSSR count). The van der Waals surface area contributed by atoms with E-state index < -0.39 is 0 Å². The van der Waals surface area contributed by atoms with Crippen molar-refractivity contribution in [1.82, 2.24) is 4.98 Å². The summed E-state index contributed by atoms with van der Waals surface area (Å²) in [6.07, 6.45) is 6.93. The van der Waals surface area contributed by atoms with Gasteiger partial charge in [0.05, 0.1) is 12.1 Å². The molecule has 1 fully saturated rings. The monoisotopic (exact) mass is 354 g/mol. The Bertz CT molecular complexity index is 889. The van der Waals surface area contributed by atoms with Crippen LogP contribution in [0.15, 0.2) is 29.5 Å². The van der Waals surface area contributed by atoms with Crippen molar-refractivity contribution in [2.75, 3.05) is 0 Å². The number of nitrogens with two attached hydrogens (primary N) is 1. The lowest BCUT2D eigenvalue weighted by Crippen LogP contribution is -2.34. The lowest BCUT2D eigenvalue weighted by Gasteiger charge is -2.34. The summed E-state index contributed by atoms with van der Waals surface area (Å²) in [7, 11) is 0. The fourth-order valence-corrected chi connectivity index (χ4v) is 6.12. The second-order valence-electron chi connectivity index (χ2n) is 6.85. The van der Waals surface area contributed by atoms with Gasteiger partial charge in [0.15, 0.2) is 5.17 Å². The summed E-state index contributed by atoms with van der Waals surface area (Å²) < 4.78 is 0.308. The Morgan fingerprint density at radius 3 is 2.79 bits per heavy atom. The number of aryl methyl sites for hydroxylation is 1. The highest BCUT2D eigenvalue weighted by Gasteiger charge is 2.53. The average Bonchev–Trinajstić information content (AvgIpc) is 3.13. The highest BCUT2D eigenvalue weighted by molar-refractivity contribution is 8.15. The second-order valence-corrected chi connectivity index (χ2v) is 9.39. The van der Waals surface area contributed by atoms with Gasteiger partial charge in [0.2, 0.25) is 5.69 Å². The van der Waals surface area contributed by atoms with Crippen molar-refractivity contribution in [3.63, 3.8) is 0 Å². The molecule has 1 saturated carbocycles. The largest absolute Gasteiger partial charge is 0.378 e. The molecule has 1 atom stereocenters. The van der Waals surface area contributed by atoms with Crippen LogP contribution in [0.1, 0.15) is 36.6 Å². The minimum atomic E-state index is -0.246. The molecule has 6 heteroatoms. The van der Waals surface area contributed by atoms with Crippen LogP contribution in [0.3, 0.4) is 0 Å². The van der Waals surface area contributed by atoms with Gasteiger partial charge in [-0.3, -0.25) is 9.98 Å². The molecule has 1 aliphatic carbocycles. The van der Waals surface area contributed by atoms with Gasteiger partial charge < -0.3 is 5.73 Å². The molecule has 2 aromatic rings. The Morgan fingerprint density at radius 1 is 1.29 bits per heavy atom. The van der Waals surface area contributed by atoms with Crippen molar-refractivity contribution in [2.24, 2.45) is 10.7 Å². The van der Waals surface area contributed by atoms with E-state index in [1.54, 1.807) is 29.3 Å². The van der Waals surface area contributed by atoms with Crippen molar-refractivity contribution in [3.05, 3.63) is 46.4 Å². The Labute approximate surface area is 150 Å². The van der Waals surface area contributed by atoms with Crippen molar-refractivity contribution >= 4 is 34.0 Å². The van der Waals surface area contributed by atoms with E-state index in [0.29, 0.717) is 15.6 Å². The summed E-state index contributed by atoms with van der Waals surface area (Å²) in [6.45, 7) is 11.5. The number of aromatic nitrogens is 1. The van der Waals surface area contributed by atoms with Gasteiger partial charge in [-0.2, -0.15) is 0 Å². The van der Waals surface area contributed by atoms with Crippen molar-refractivity contribution in [2.45, 2.75) is 43.4 Å². The van der Waals surface area contributed by atoms with Gasteiger partial charge >= 0.3 is 0 Å². The lowest BCUT2D eigenvalue weighted by molar-refractivity contribution is 0.445. The standard InChI is InChI=1S/C18H18N4S2/c1-11-6-14(12-7-13(20-3)9-21-8-12)23-15(11)17(2)10-18(4-5-18)24-16(19)22-17/h6-9H,4-5,10H2,1-2H3,(H2,19,22). The molecule has 2 aliphatic rings. The normalized spacial score (nSPS) is 24.5. The molecule has 1 unspecified atom stereocenters. The van der Waals surface area contributed by atoms with Crippen LogP contribution in [0.2, 0.25) is 0 Å². The van der Waals surface area contributed by atoms with Crippen LogP contribution in [0.4, 0.5) is 5.69 Å². The van der Waals surface area contributed by atoms with Crippen LogP contribution in [-0.4, -0.2) is 14.9 Å². The molecule has 0 aromatic carbocycles. The van der Waals surface area contributed by atoms with E-state index in [-0.39, 0.29) is 5.54 Å². The van der Waals surface area contributed by atoms with Crippen LogP contribution < -0.4 is 5.73 Å². The zero-order chi connectivity index (χ0) is 16.9. The SMILES string of the molecule is [C-]#[N+]c1cncc(-c2cc(C)c(C3(C)CC4(CC4)SC(N)=N3)s2)c1. The summed E-state index contributed by atoms with van der Waals surface area (Å²) >= 11 is 3.51. The fraction of sp³-hybridized carbons (Fsp3) is 0.389. The van der Waals surface area contributed by atoms with E-state index in [2.05, 4.69) is 29.7 Å². The molecule has 0 amide bonds. The van der Waals surface area contributed by atoms with Crippen LogP contribution >= 0.6 is 23.1 Å². The molecule has 0 bridgehead atoms. The molecular formula is C18H18N4S2. The predicted molar refractivity (Wildman–Crippen MR) is 102 cm³/mol. The molecule has 122 valence electrons. The number of nitrogens with zero attached hydrogens (tertiary/aromatic N) is 3. The van der Waals surface area contributed by atoms with Gasteiger partial charge in [0.1, 0.15) is 0 Å². The topological polar surface area (TPSA) is 55.6 Å². The number of pyridine rings is 1. The highest BCUT2D eigenvalue weighted by atomic mass is 32.2. The number of hydrogen-bond donors (Lipinski definition) is 1. The summed E-state index contributed by atoms with van der Waals surface area (Å²) in [4.78, 5) is 14.9. The number of hydrogen-bond acceptors (Lipinski definition) is 5. The van der Waals surface area contributed by atoms with Gasteiger partial charge in [-0.15, -0.1) is 11.3 Å². The van der Waals surface area contributed by atoms with E-state index >= 15 is 0 Å². The minimum absolute atomic E-state index is 0.246. The van der Waals surface area contributed by atoms with Crippen LogP contribution in [0, 0.1) is 13.5 Å². The molecule has 24 heavy (non-hydrogen) atoms. The van der Waals surface area contributed by atoms with Crippen LogP contribution in [-0.2, 0) is 5.54 Å². The van der Waals surface area contributed by atoms with Gasteiger partial charge in [-0.25, -0.2) is 4.85 Å². The van der Waals surface area contributed by atoms with Crippen molar-refractivity contribution < 1.29 is 0 Å². The summed E-state index contributed by atoms with van der Waals surface area (Å²) in [6, 6.07) is 4.08. The second kappa shape index (κ2) is 5.33. The molecular weight excluding hydrogens is 336 g/mol. The first kappa shape index (κ1) is 15.7. The Morgan fingerprint density at radius 2 is 2.08 bits per heavy atom. The van der Waals surface area contributed by atoms with Crippen LogP contribution in [0.25, 0.3) is 15.3 Å². The molecule has 0 saturated heterocycles. The smallest absolute Gasteiger partial charge is 0.205 e. The van der Waals surface area contributed by atoms with Gasteiger partial charge in [0, 0.05) is 26.9 Å². The van der Waals surface area contributed by atoms with E-state index in [9.17, 15) is 0 Å². The Balaban J connectivity index is 1.76. The van der Waals surface area contributed by atoms with Crippen molar-refractivity contribution in [3.8, 4) is 10.4 Å². The third-order valence-corrected chi connectivity index (χ3v) is 7.52. The van der Waals surface area contributed by atoms with E-state index in [4.69, 9.17) is 17.3 Å². The third-order valence-electron chi connectivity index (χ3n) is 4.70. The van der Waals surface area contributed by atoms with E-state index in [1.807, 2.05) is 12.3 Å². The van der Waals surface area contributed by atoms with Gasteiger partial charge in [-0.1, -0.05) is 11.8 Å². The number of rotatable bonds is 2. The molecule has 1 aliphatic heterocycles. The molecule has 0 radical (unpaired) electrons. The maximum absolute atomic E-state index is 7.17. The molecule has 4 nitrogen and oxygen atoms in total. The van der Waals surface area contributed by atoms with E-state index in [1.165, 1.54) is 23.3 Å². The van der Waals surface area contributed by atoms with Gasteiger partial charge in [0.25, 0.3) is 0 Å². The minimum Gasteiger partial charge on any atom is -0.378 e. The zero-order valence-electron chi connectivity index (χ0n) is 13.7. The number of thioether (sulfide) groups is 1. The quantitative estimate of drug-likeness (QED) is 0.783. The van der Waals surface area contributed by atoms with Crippen LogP contribution in [0.5, 0.6) is 0 Å².